The Morgan fingerprint density at radius 2 is 1.68 bits per heavy atom. The Bertz CT molecular complexity index is 597. The number of rotatable bonds is 10. The van der Waals surface area contributed by atoms with Crippen LogP contribution in [0.25, 0.3) is 0 Å². The molecule has 2 atom stereocenters. The van der Waals surface area contributed by atoms with Gasteiger partial charge in [0.2, 0.25) is 0 Å². The molecule has 0 heterocycles. The first kappa shape index (κ1) is 19.6. The molecule has 0 spiro atoms. The van der Waals surface area contributed by atoms with Crippen LogP contribution in [0, 0.1) is 6.92 Å². The van der Waals surface area contributed by atoms with Gasteiger partial charge in [0, 0.05) is 19.1 Å². The van der Waals surface area contributed by atoms with E-state index in [1.807, 2.05) is 30.3 Å². The summed E-state index contributed by atoms with van der Waals surface area (Å²) < 4.78 is 5.69. The van der Waals surface area contributed by atoms with Gasteiger partial charge in [-0.2, -0.15) is 0 Å². The second-order valence-electron chi connectivity index (χ2n) is 6.83. The van der Waals surface area contributed by atoms with Crippen molar-refractivity contribution in [3.8, 4) is 0 Å². The van der Waals surface area contributed by atoms with Crippen LogP contribution in [0.3, 0.4) is 0 Å². The van der Waals surface area contributed by atoms with Gasteiger partial charge in [0.05, 0.1) is 19.3 Å². The number of aliphatic hydroxyl groups excluding tert-OH is 1. The van der Waals surface area contributed by atoms with E-state index >= 15 is 0 Å². The maximum atomic E-state index is 10.4. The summed E-state index contributed by atoms with van der Waals surface area (Å²) >= 11 is 0. The molecule has 0 bridgehead atoms. The summed E-state index contributed by atoms with van der Waals surface area (Å²) in [4.78, 5) is 2.33. The van der Waals surface area contributed by atoms with Crippen LogP contribution in [0.2, 0.25) is 0 Å². The first-order valence-corrected chi connectivity index (χ1v) is 9.17. The van der Waals surface area contributed by atoms with Crippen LogP contribution < -0.4 is 0 Å². The third-order valence-corrected chi connectivity index (χ3v) is 4.59. The molecular weight excluding hydrogens is 310 g/mol. The summed E-state index contributed by atoms with van der Waals surface area (Å²) in [5, 5.41) is 10.4. The zero-order chi connectivity index (χ0) is 18.1. The van der Waals surface area contributed by atoms with Gasteiger partial charge >= 0.3 is 0 Å². The number of hydrogen-bond donors (Lipinski definition) is 1. The van der Waals surface area contributed by atoms with E-state index in [2.05, 4.69) is 49.9 Å². The quantitative estimate of drug-likeness (QED) is 0.704. The van der Waals surface area contributed by atoms with Crippen LogP contribution in [-0.2, 0) is 17.9 Å². The summed E-state index contributed by atoms with van der Waals surface area (Å²) in [5.74, 6) is 0. The molecule has 136 valence electrons. The van der Waals surface area contributed by atoms with Gasteiger partial charge in [-0.05, 0) is 31.4 Å². The molecule has 0 amide bonds. The Balaban J connectivity index is 1.84. The summed E-state index contributed by atoms with van der Waals surface area (Å²) in [6.45, 7) is 8.87. The van der Waals surface area contributed by atoms with Crippen molar-refractivity contribution in [1.82, 2.24) is 4.90 Å². The minimum Gasteiger partial charge on any atom is -0.389 e. The van der Waals surface area contributed by atoms with Crippen molar-refractivity contribution in [2.75, 3.05) is 13.2 Å². The third kappa shape index (κ3) is 6.99. The first-order valence-electron chi connectivity index (χ1n) is 9.17. The smallest absolute Gasteiger partial charge is 0.0900 e. The topological polar surface area (TPSA) is 32.7 Å². The predicted molar refractivity (Wildman–Crippen MR) is 103 cm³/mol. The molecular formula is C22H31NO2. The number of aryl methyl sites for hydroxylation is 1. The summed E-state index contributed by atoms with van der Waals surface area (Å²) in [5.41, 5.74) is 3.68. The van der Waals surface area contributed by atoms with E-state index in [-0.39, 0.29) is 0 Å². The lowest BCUT2D eigenvalue weighted by Crippen LogP contribution is -2.39. The van der Waals surface area contributed by atoms with Crippen molar-refractivity contribution in [3.05, 3.63) is 71.3 Å². The van der Waals surface area contributed by atoms with E-state index in [1.165, 1.54) is 11.1 Å². The lowest BCUT2D eigenvalue weighted by molar-refractivity contribution is 0.00145. The highest BCUT2D eigenvalue weighted by Crippen LogP contribution is 2.13. The van der Waals surface area contributed by atoms with Crippen LogP contribution in [0.4, 0.5) is 0 Å². The number of ether oxygens (including phenoxy) is 1. The molecule has 25 heavy (non-hydrogen) atoms. The Labute approximate surface area is 152 Å². The largest absolute Gasteiger partial charge is 0.389 e. The summed E-state index contributed by atoms with van der Waals surface area (Å²) in [6.07, 6.45) is 0.576. The predicted octanol–water partition coefficient (Wildman–Crippen LogP) is 4.17. The molecule has 0 aromatic heterocycles. The van der Waals surface area contributed by atoms with Crippen molar-refractivity contribution in [3.63, 3.8) is 0 Å². The molecule has 0 saturated heterocycles. The highest BCUT2D eigenvalue weighted by molar-refractivity contribution is 5.21. The zero-order valence-electron chi connectivity index (χ0n) is 15.7. The van der Waals surface area contributed by atoms with Crippen LogP contribution in [0.15, 0.2) is 54.6 Å². The lowest BCUT2D eigenvalue weighted by Gasteiger charge is -2.30. The van der Waals surface area contributed by atoms with Crippen molar-refractivity contribution in [2.24, 2.45) is 0 Å². The van der Waals surface area contributed by atoms with Crippen molar-refractivity contribution in [2.45, 2.75) is 52.5 Å². The van der Waals surface area contributed by atoms with E-state index < -0.39 is 6.10 Å². The number of nitrogens with zero attached hydrogens (tertiary/aromatic N) is 1. The van der Waals surface area contributed by atoms with Crippen LogP contribution in [-0.4, -0.2) is 35.3 Å². The maximum absolute atomic E-state index is 10.4. The second kappa shape index (κ2) is 10.3. The molecule has 0 saturated carbocycles. The van der Waals surface area contributed by atoms with Crippen molar-refractivity contribution < 1.29 is 9.84 Å². The first-order chi connectivity index (χ1) is 12.1. The average molecular weight is 341 g/mol. The van der Waals surface area contributed by atoms with Gasteiger partial charge in [-0.15, -0.1) is 0 Å². The summed E-state index contributed by atoms with van der Waals surface area (Å²) in [6, 6.07) is 19.1. The SMILES string of the molecule is CC[C@@H](C)N(Cc1ccc(C)cc1)C[C@H](O)COCc1ccccc1. The monoisotopic (exact) mass is 341 g/mol. The number of aliphatic hydroxyl groups is 1. The van der Waals surface area contributed by atoms with E-state index in [0.717, 1.165) is 18.5 Å². The van der Waals surface area contributed by atoms with Crippen LogP contribution in [0.5, 0.6) is 0 Å². The van der Waals surface area contributed by atoms with Gasteiger partial charge in [-0.25, -0.2) is 0 Å². The minimum atomic E-state index is -0.483. The van der Waals surface area contributed by atoms with Crippen molar-refractivity contribution in [1.29, 1.82) is 0 Å². The van der Waals surface area contributed by atoms with Gasteiger partial charge in [0.25, 0.3) is 0 Å². The highest BCUT2D eigenvalue weighted by Gasteiger charge is 2.17. The van der Waals surface area contributed by atoms with Gasteiger partial charge in [0.15, 0.2) is 0 Å². The third-order valence-electron chi connectivity index (χ3n) is 4.59. The molecule has 0 radical (unpaired) electrons. The normalized spacial score (nSPS) is 13.8. The molecule has 0 aliphatic carbocycles. The fourth-order valence-electron chi connectivity index (χ4n) is 2.80. The Morgan fingerprint density at radius 1 is 1.00 bits per heavy atom. The fourth-order valence-corrected chi connectivity index (χ4v) is 2.80. The van der Waals surface area contributed by atoms with Crippen LogP contribution >= 0.6 is 0 Å². The fraction of sp³-hybridized carbons (Fsp3) is 0.455. The van der Waals surface area contributed by atoms with E-state index in [4.69, 9.17) is 4.74 Å². The number of hydrogen-bond acceptors (Lipinski definition) is 3. The van der Waals surface area contributed by atoms with Crippen LogP contribution in [0.1, 0.15) is 37.0 Å². The van der Waals surface area contributed by atoms with Crippen molar-refractivity contribution >= 4 is 0 Å². The molecule has 0 unspecified atom stereocenters. The Morgan fingerprint density at radius 3 is 2.32 bits per heavy atom. The second-order valence-corrected chi connectivity index (χ2v) is 6.83. The molecule has 0 fully saturated rings. The maximum Gasteiger partial charge on any atom is 0.0900 e. The number of benzene rings is 2. The van der Waals surface area contributed by atoms with Gasteiger partial charge in [0.1, 0.15) is 0 Å². The van der Waals surface area contributed by atoms with E-state index in [9.17, 15) is 5.11 Å². The standard InChI is InChI=1S/C22H31NO2/c1-4-19(3)23(14-20-12-10-18(2)11-13-20)15-22(24)17-25-16-21-8-6-5-7-9-21/h5-13,19,22,24H,4,14-17H2,1-3H3/t19-,22+/m1/s1. The van der Waals surface area contributed by atoms with E-state index in [1.54, 1.807) is 0 Å². The zero-order valence-corrected chi connectivity index (χ0v) is 15.7. The van der Waals surface area contributed by atoms with Gasteiger partial charge in [-0.3, -0.25) is 4.90 Å². The Hall–Kier alpha value is -1.68. The van der Waals surface area contributed by atoms with Gasteiger partial charge in [-0.1, -0.05) is 67.1 Å². The molecule has 3 nitrogen and oxygen atoms in total. The van der Waals surface area contributed by atoms with E-state index in [0.29, 0.717) is 25.8 Å². The highest BCUT2D eigenvalue weighted by atomic mass is 16.5. The molecule has 2 aromatic carbocycles. The molecule has 1 N–H and O–H groups in total. The minimum absolute atomic E-state index is 0.357. The average Bonchev–Trinajstić information content (AvgIpc) is 2.63. The summed E-state index contributed by atoms with van der Waals surface area (Å²) in [7, 11) is 0. The lowest BCUT2D eigenvalue weighted by atomic mass is 10.1. The molecule has 2 rings (SSSR count). The molecule has 2 aromatic rings. The molecule has 0 aliphatic rings. The molecule has 3 heteroatoms. The van der Waals surface area contributed by atoms with Gasteiger partial charge < -0.3 is 9.84 Å². The molecule has 0 aliphatic heterocycles. The Kier molecular flexibility index (Phi) is 8.13.